The largest absolute Gasteiger partial charge is 0.290 e. The summed E-state index contributed by atoms with van der Waals surface area (Å²) in [5, 5.41) is 0. The number of hydrogen-bond acceptors (Lipinski definition) is 2. The molecule has 0 saturated carbocycles. The molecule has 2 nitrogen and oxygen atoms in total. The Morgan fingerprint density at radius 1 is 1.18 bits per heavy atom. The molecule has 0 bridgehead atoms. The Labute approximate surface area is 70.2 Å². The average Bonchev–Trinajstić information content (AvgIpc) is 2.29. The Morgan fingerprint density at radius 2 is 1.73 bits per heavy atom. The van der Waals surface area contributed by atoms with Crippen molar-refractivity contribution < 1.29 is 0 Å². The van der Waals surface area contributed by atoms with E-state index in [1.807, 2.05) is 0 Å². The third-order valence-electron chi connectivity index (χ3n) is 2.64. The van der Waals surface area contributed by atoms with E-state index in [-0.39, 0.29) is 0 Å². The van der Waals surface area contributed by atoms with Crippen LogP contribution in [0.5, 0.6) is 0 Å². The first kappa shape index (κ1) is 9.01. The molecule has 66 valence electrons. The van der Waals surface area contributed by atoms with Gasteiger partial charge in [0.05, 0.1) is 6.17 Å². The molecule has 0 aromatic rings. The molecule has 1 saturated heterocycles. The topological polar surface area (TPSA) is 6.48 Å². The van der Waals surface area contributed by atoms with Crippen molar-refractivity contribution in [2.24, 2.45) is 0 Å². The van der Waals surface area contributed by atoms with Gasteiger partial charge in [0.2, 0.25) is 0 Å². The van der Waals surface area contributed by atoms with Crippen LogP contribution < -0.4 is 0 Å². The van der Waals surface area contributed by atoms with Crippen molar-refractivity contribution in [3.05, 3.63) is 0 Å². The van der Waals surface area contributed by atoms with E-state index >= 15 is 0 Å². The molecule has 0 spiro atoms. The molecular formula is C9H20N2. The first-order chi connectivity index (χ1) is 5.25. The fourth-order valence-corrected chi connectivity index (χ4v) is 1.78. The highest BCUT2D eigenvalue weighted by molar-refractivity contribution is 4.76. The van der Waals surface area contributed by atoms with Gasteiger partial charge in [-0.25, -0.2) is 0 Å². The summed E-state index contributed by atoms with van der Waals surface area (Å²) in [6, 6.07) is 0. The monoisotopic (exact) mass is 156 g/mol. The minimum absolute atomic E-state index is 0.718. The molecular weight excluding hydrogens is 136 g/mol. The van der Waals surface area contributed by atoms with E-state index in [0.717, 1.165) is 6.17 Å². The van der Waals surface area contributed by atoms with Gasteiger partial charge in [-0.15, -0.1) is 0 Å². The number of unbranched alkanes of at least 4 members (excludes halogenated alkanes) is 1. The molecule has 1 aliphatic rings. The van der Waals surface area contributed by atoms with E-state index in [4.69, 9.17) is 0 Å². The smallest absolute Gasteiger partial charge is 0.0618 e. The summed E-state index contributed by atoms with van der Waals surface area (Å²) < 4.78 is 0. The van der Waals surface area contributed by atoms with Crippen molar-refractivity contribution in [3.8, 4) is 0 Å². The summed E-state index contributed by atoms with van der Waals surface area (Å²) in [5.74, 6) is 0. The van der Waals surface area contributed by atoms with Crippen LogP contribution in [-0.4, -0.2) is 43.2 Å². The third-order valence-corrected chi connectivity index (χ3v) is 2.64. The summed E-state index contributed by atoms with van der Waals surface area (Å²) >= 11 is 0. The average molecular weight is 156 g/mol. The van der Waals surface area contributed by atoms with Gasteiger partial charge in [0, 0.05) is 13.1 Å². The van der Waals surface area contributed by atoms with Crippen LogP contribution in [0, 0.1) is 0 Å². The second-order valence-electron chi connectivity index (χ2n) is 3.58. The lowest BCUT2D eigenvalue weighted by molar-refractivity contribution is 0.172. The van der Waals surface area contributed by atoms with Gasteiger partial charge in [-0.1, -0.05) is 19.8 Å². The summed E-state index contributed by atoms with van der Waals surface area (Å²) in [6.45, 7) is 4.74. The van der Waals surface area contributed by atoms with E-state index in [0.29, 0.717) is 0 Å². The minimum Gasteiger partial charge on any atom is -0.290 e. The van der Waals surface area contributed by atoms with Crippen LogP contribution in [-0.2, 0) is 0 Å². The fourth-order valence-electron chi connectivity index (χ4n) is 1.78. The summed E-state index contributed by atoms with van der Waals surface area (Å²) in [7, 11) is 4.45. The van der Waals surface area contributed by atoms with Gasteiger partial charge >= 0.3 is 0 Å². The van der Waals surface area contributed by atoms with Crippen molar-refractivity contribution in [1.29, 1.82) is 0 Å². The fraction of sp³-hybridized carbons (Fsp3) is 1.00. The number of rotatable bonds is 3. The van der Waals surface area contributed by atoms with Crippen LogP contribution >= 0.6 is 0 Å². The molecule has 1 heterocycles. The van der Waals surface area contributed by atoms with Crippen molar-refractivity contribution in [2.45, 2.75) is 32.4 Å². The zero-order valence-corrected chi connectivity index (χ0v) is 8.01. The van der Waals surface area contributed by atoms with Gasteiger partial charge in [-0.05, 0) is 20.5 Å². The quantitative estimate of drug-likeness (QED) is 0.609. The van der Waals surface area contributed by atoms with Gasteiger partial charge in [0.1, 0.15) is 0 Å². The lowest BCUT2D eigenvalue weighted by atomic mass is 10.2. The highest BCUT2D eigenvalue weighted by Gasteiger charge is 2.24. The molecule has 1 rings (SSSR count). The molecule has 0 aliphatic carbocycles. The number of likely N-dealkylation sites (N-methyl/N-ethyl adjacent to an activating group) is 2. The molecule has 2 heteroatoms. The number of hydrogen-bond donors (Lipinski definition) is 0. The van der Waals surface area contributed by atoms with Gasteiger partial charge in [0.15, 0.2) is 0 Å². The van der Waals surface area contributed by atoms with Gasteiger partial charge in [-0.3, -0.25) is 9.80 Å². The summed E-state index contributed by atoms with van der Waals surface area (Å²) in [5.41, 5.74) is 0. The Bertz CT molecular complexity index is 104. The standard InChI is InChI=1S/C9H20N2/c1-4-5-6-9-10(2)7-8-11(9)3/h9H,4-8H2,1-3H3. The van der Waals surface area contributed by atoms with Gasteiger partial charge in [-0.2, -0.15) is 0 Å². The maximum absolute atomic E-state index is 2.45. The van der Waals surface area contributed by atoms with Crippen molar-refractivity contribution >= 4 is 0 Å². The molecule has 11 heavy (non-hydrogen) atoms. The van der Waals surface area contributed by atoms with Crippen LogP contribution in [0.25, 0.3) is 0 Å². The lowest BCUT2D eigenvalue weighted by Gasteiger charge is -2.24. The SMILES string of the molecule is CCCCC1N(C)CCN1C. The van der Waals surface area contributed by atoms with Crippen molar-refractivity contribution in [3.63, 3.8) is 0 Å². The van der Waals surface area contributed by atoms with Gasteiger partial charge in [0.25, 0.3) is 0 Å². The van der Waals surface area contributed by atoms with Crippen LogP contribution in [0.15, 0.2) is 0 Å². The van der Waals surface area contributed by atoms with E-state index in [1.165, 1.54) is 32.4 Å². The lowest BCUT2D eigenvalue weighted by Crippen LogP contribution is -2.34. The van der Waals surface area contributed by atoms with Gasteiger partial charge < -0.3 is 0 Å². The second-order valence-corrected chi connectivity index (χ2v) is 3.58. The highest BCUT2D eigenvalue weighted by Crippen LogP contribution is 2.15. The molecule has 1 fully saturated rings. The van der Waals surface area contributed by atoms with Crippen LogP contribution in [0.1, 0.15) is 26.2 Å². The number of nitrogens with zero attached hydrogens (tertiary/aromatic N) is 2. The van der Waals surface area contributed by atoms with Crippen LogP contribution in [0.4, 0.5) is 0 Å². The summed E-state index contributed by atoms with van der Waals surface area (Å²) in [6.07, 6.45) is 4.73. The minimum atomic E-state index is 0.718. The molecule has 0 amide bonds. The molecule has 1 aliphatic heterocycles. The Kier molecular flexibility index (Phi) is 3.34. The Balaban J connectivity index is 2.29. The zero-order chi connectivity index (χ0) is 8.27. The van der Waals surface area contributed by atoms with E-state index < -0.39 is 0 Å². The van der Waals surface area contributed by atoms with E-state index in [2.05, 4.69) is 30.8 Å². The first-order valence-corrected chi connectivity index (χ1v) is 4.66. The van der Waals surface area contributed by atoms with Crippen LogP contribution in [0.2, 0.25) is 0 Å². The Hall–Kier alpha value is -0.0800. The zero-order valence-electron chi connectivity index (χ0n) is 8.01. The predicted molar refractivity (Wildman–Crippen MR) is 48.6 cm³/mol. The van der Waals surface area contributed by atoms with Crippen molar-refractivity contribution in [1.82, 2.24) is 9.80 Å². The van der Waals surface area contributed by atoms with Crippen LogP contribution in [0.3, 0.4) is 0 Å². The maximum atomic E-state index is 2.45. The Morgan fingerprint density at radius 3 is 2.18 bits per heavy atom. The van der Waals surface area contributed by atoms with Crippen molar-refractivity contribution in [2.75, 3.05) is 27.2 Å². The second kappa shape index (κ2) is 4.07. The molecule has 0 aromatic carbocycles. The first-order valence-electron chi connectivity index (χ1n) is 4.66. The van der Waals surface area contributed by atoms with E-state index in [1.54, 1.807) is 0 Å². The molecule has 0 aromatic heterocycles. The highest BCUT2D eigenvalue weighted by atomic mass is 15.4. The molecule has 0 N–H and O–H groups in total. The predicted octanol–water partition coefficient (Wildman–Crippen LogP) is 1.38. The maximum Gasteiger partial charge on any atom is 0.0618 e. The van der Waals surface area contributed by atoms with E-state index in [9.17, 15) is 0 Å². The normalized spacial score (nSPS) is 23.2. The molecule has 0 unspecified atom stereocenters. The molecule has 0 radical (unpaired) electrons. The molecule has 0 atom stereocenters. The summed E-state index contributed by atoms with van der Waals surface area (Å²) in [4.78, 5) is 4.91. The third kappa shape index (κ3) is 2.17.